The summed E-state index contributed by atoms with van der Waals surface area (Å²) in [5.41, 5.74) is -4.26. The number of esters is 3. The summed E-state index contributed by atoms with van der Waals surface area (Å²) in [5, 5.41) is 34.4. The van der Waals surface area contributed by atoms with Gasteiger partial charge in [-0.25, -0.2) is 9.59 Å². The summed E-state index contributed by atoms with van der Waals surface area (Å²) in [6, 6.07) is 0. The Labute approximate surface area is 214 Å². The number of allylic oxidation sites excluding steroid dienone is 1. The van der Waals surface area contributed by atoms with Crippen LogP contribution in [0.4, 0.5) is 0 Å². The van der Waals surface area contributed by atoms with Gasteiger partial charge in [-0.1, -0.05) is 26.3 Å². The number of carbonyl (C=O) groups is 4. The number of aliphatic hydroxyl groups is 3. The standard InChI is InChI=1S/C26H34O11/c1-10(2)6-15(28)37-17-19-25-9-35-26(19,23(33)34-5)21(31)16(29)18(25)24(4)12(8-14(25)36-22(17)32)11(3)7-13(27)20(24)30/h7,10,12,14,16-21,29-31H,6,8-9H2,1-5H3/t12-,14+,16+,17+,18?,19+,20+,21-,24-,25+,26+/m0/s1. The lowest BCUT2D eigenvalue weighted by molar-refractivity contribution is -0.298. The van der Waals surface area contributed by atoms with Crippen molar-refractivity contribution < 1.29 is 53.4 Å². The van der Waals surface area contributed by atoms with Crippen LogP contribution >= 0.6 is 0 Å². The van der Waals surface area contributed by atoms with Gasteiger partial charge >= 0.3 is 17.9 Å². The number of carbonyl (C=O) groups excluding carboxylic acids is 4. The van der Waals surface area contributed by atoms with E-state index in [1.165, 1.54) is 6.08 Å². The second-order valence-electron chi connectivity index (χ2n) is 11.9. The first kappa shape index (κ1) is 26.3. The Bertz CT molecular complexity index is 1080. The van der Waals surface area contributed by atoms with Gasteiger partial charge in [0, 0.05) is 23.2 Å². The van der Waals surface area contributed by atoms with E-state index < -0.39 is 88.4 Å². The smallest absolute Gasteiger partial charge is 0.348 e. The largest absolute Gasteiger partial charge is 0.467 e. The molecule has 11 nitrogen and oxygen atoms in total. The fourth-order valence-electron chi connectivity index (χ4n) is 8.34. The zero-order valence-electron chi connectivity index (χ0n) is 21.5. The van der Waals surface area contributed by atoms with Crippen LogP contribution in [0, 0.1) is 34.5 Å². The van der Waals surface area contributed by atoms with E-state index in [0.717, 1.165) is 7.11 Å². The summed E-state index contributed by atoms with van der Waals surface area (Å²) >= 11 is 0. The second-order valence-corrected chi connectivity index (χ2v) is 11.9. The third-order valence-electron chi connectivity index (χ3n) is 9.67. The molecule has 5 aliphatic rings. The molecule has 2 aliphatic heterocycles. The summed E-state index contributed by atoms with van der Waals surface area (Å²) in [7, 11) is 1.09. The molecular formula is C26H34O11. The quantitative estimate of drug-likeness (QED) is 0.327. The van der Waals surface area contributed by atoms with Crippen LogP contribution in [0.2, 0.25) is 0 Å². The van der Waals surface area contributed by atoms with Crippen molar-refractivity contribution in [3.05, 3.63) is 11.6 Å². The van der Waals surface area contributed by atoms with Gasteiger partial charge in [-0.2, -0.15) is 0 Å². The van der Waals surface area contributed by atoms with E-state index in [2.05, 4.69) is 0 Å². The van der Waals surface area contributed by atoms with Gasteiger partial charge in [0.15, 0.2) is 5.78 Å². The monoisotopic (exact) mass is 522 g/mol. The third kappa shape index (κ3) is 3.08. The first-order valence-electron chi connectivity index (χ1n) is 12.7. The van der Waals surface area contributed by atoms with Crippen LogP contribution in [0.25, 0.3) is 0 Å². The van der Waals surface area contributed by atoms with Gasteiger partial charge in [-0.15, -0.1) is 0 Å². The van der Waals surface area contributed by atoms with E-state index in [-0.39, 0.29) is 25.4 Å². The maximum atomic E-state index is 13.4. The minimum Gasteiger partial charge on any atom is -0.467 e. The van der Waals surface area contributed by atoms with Gasteiger partial charge in [-0.05, 0) is 31.3 Å². The molecule has 5 rings (SSSR count). The number of aliphatic hydroxyl groups excluding tert-OH is 3. The van der Waals surface area contributed by atoms with E-state index in [1.54, 1.807) is 27.7 Å². The SMILES string of the molecule is COC(=O)[C@]12OC[C@]34C([C@@H](O)[C@@H]1O)[C@@]1(C)[C@H](O)C(=O)C=C(C)[C@@H]1C[C@H]3OC(=O)[C@H](OC(=O)CC(C)C)[C@@H]24. The number of rotatable bonds is 4. The Hall–Kier alpha value is -2.34. The highest BCUT2D eigenvalue weighted by atomic mass is 16.6. The molecule has 0 amide bonds. The molecule has 2 bridgehead atoms. The predicted octanol–water partition coefficient (Wildman–Crippen LogP) is -0.318. The molecule has 2 heterocycles. The number of ether oxygens (including phenoxy) is 4. The third-order valence-corrected chi connectivity index (χ3v) is 9.67. The van der Waals surface area contributed by atoms with Crippen LogP contribution in [0.15, 0.2) is 11.6 Å². The Morgan fingerprint density at radius 1 is 1.19 bits per heavy atom. The fraction of sp³-hybridized carbons (Fsp3) is 0.769. The number of fused-ring (bicyclic) bond motifs is 2. The van der Waals surface area contributed by atoms with Crippen molar-refractivity contribution in [2.45, 2.75) is 76.7 Å². The van der Waals surface area contributed by atoms with Gasteiger partial charge < -0.3 is 34.3 Å². The van der Waals surface area contributed by atoms with Gasteiger partial charge in [-0.3, -0.25) is 9.59 Å². The van der Waals surface area contributed by atoms with Crippen LogP contribution in [0.1, 0.15) is 40.5 Å². The molecule has 0 aromatic carbocycles. The minimum absolute atomic E-state index is 0.00931. The highest BCUT2D eigenvalue weighted by molar-refractivity contribution is 5.96. The molecule has 3 aliphatic carbocycles. The Morgan fingerprint density at radius 3 is 2.49 bits per heavy atom. The molecule has 3 N–H and O–H groups in total. The molecule has 37 heavy (non-hydrogen) atoms. The van der Waals surface area contributed by atoms with Gasteiger partial charge in [0.05, 0.1) is 25.7 Å². The molecule has 4 fully saturated rings. The van der Waals surface area contributed by atoms with Gasteiger partial charge in [0.1, 0.15) is 18.3 Å². The van der Waals surface area contributed by atoms with Crippen molar-refractivity contribution in [2.75, 3.05) is 13.7 Å². The lowest BCUT2D eigenvalue weighted by Gasteiger charge is -2.67. The minimum atomic E-state index is -2.23. The van der Waals surface area contributed by atoms with Crippen LogP contribution in [0.5, 0.6) is 0 Å². The lowest BCUT2D eigenvalue weighted by atomic mass is 9.38. The van der Waals surface area contributed by atoms with E-state index in [0.29, 0.717) is 5.57 Å². The van der Waals surface area contributed by atoms with Gasteiger partial charge in [0.2, 0.25) is 11.7 Å². The average Bonchev–Trinajstić information content (AvgIpc) is 3.13. The fourth-order valence-corrected chi connectivity index (χ4v) is 8.34. The Morgan fingerprint density at radius 2 is 1.86 bits per heavy atom. The van der Waals surface area contributed by atoms with Crippen molar-refractivity contribution in [1.29, 1.82) is 0 Å². The number of hydrogen-bond acceptors (Lipinski definition) is 11. The van der Waals surface area contributed by atoms with Gasteiger partial charge in [0.25, 0.3) is 0 Å². The number of methoxy groups -OCH3 is 1. The number of hydrogen-bond donors (Lipinski definition) is 3. The van der Waals surface area contributed by atoms with E-state index in [1.807, 2.05) is 0 Å². The topological polar surface area (TPSA) is 166 Å². The van der Waals surface area contributed by atoms with Crippen LogP contribution in [0.3, 0.4) is 0 Å². The molecular weight excluding hydrogens is 488 g/mol. The average molecular weight is 523 g/mol. The van der Waals surface area contributed by atoms with Crippen molar-refractivity contribution in [1.82, 2.24) is 0 Å². The second kappa shape index (κ2) is 8.33. The maximum absolute atomic E-state index is 13.4. The molecule has 204 valence electrons. The van der Waals surface area contributed by atoms with Crippen molar-refractivity contribution >= 4 is 23.7 Å². The van der Waals surface area contributed by atoms with E-state index in [9.17, 15) is 34.5 Å². The van der Waals surface area contributed by atoms with Crippen LogP contribution in [-0.4, -0.2) is 88.8 Å². The molecule has 0 aromatic rings. The first-order chi connectivity index (χ1) is 17.3. The Kier molecular flexibility index (Phi) is 5.91. The summed E-state index contributed by atoms with van der Waals surface area (Å²) in [6.07, 6.45) is -6.13. The maximum Gasteiger partial charge on any atom is 0.348 e. The molecule has 11 heteroatoms. The Balaban J connectivity index is 1.73. The number of ketones is 1. The van der Waals surface area contributed by atoms with Crippen LogP contribution < -0.4 is 0 Å². The highest BCUT2D eigenvalue weighted by Gasteiger charge is 2.85. The van der Waals surface area contributed by atoms with Crippen molar-refractivity contribution in [3.8, 4) is 0 Å². The van der Waals surface area contributed by atoms with Crippen molar-refractivity contribution in [3.63, 3.8) is 0 Å². The molecule has 1 unspecified atom stereocenters. The summed E-state index contributed by atoms with van der Waals surface area (Å²) in [4.78, 5) is 52.3. The van der Waals surface area contributed by atoms with E-state index >= 15 is 0 Å². The van der Waals surface area contributed by atoms with E-state index in [4.69, 9.17) is 18.9 Å². The molecule has 2 saturated carbocycles. The molecule has 2 saturated heterocycles. The summed E-state index contributed by atoms with van der Waals surface area (Å²) in [6.45, 7) is 6.74. The zero-order valence-corrected chi connectivity index (χ0v) is 21.5. The normalized spacial score (nSPS) is 48.0. The van der Waals surface area contributed by atoms with Crippen LogP contribution in [-0.2, 0) is 38.1 Å². The highest BCUT2D eigenvalue weighted by Crippen LogP contribution is 2.72. The lowest BCUT2D eigenvalue weighted by Crippen LogP contribution is -2.80. The molecule has 11 atom stereocenters. The summed E-state index contributed by atoms with van der Waals surface area (Å²) < 4.78 is 22.5. The van der Waals surface area contributed by atoms with Crippen molar-refractivity contribution in [2.24, 2.45) is 34.5 Å². The first-order valence-corrected chi connectivity index (χ1v) is 12.7. The molecule has 1 spiro atoms. The summed E-state index contributed by atoms with van der Waals surface area (Å²) in [5.74, 6) is -6.07. The predicted molar refractivity (Wildman–Crippen MR) is 122 cm³/mol. The zero-order chi connectivity index (χ0) is 27.2. The molecule has 0 radical (unpaired) electrons. The molecule has 0 aromatic heterocycles.